The molecule has 0 aliphatic heterocycles. The number of thioether (sulfide) groups is 1. The van der Waals surface area contributed by atoms with Crippen molar-refractivity contribution in [1.82, 2.24) is 9.36 Å². The molecule has 2 rings (SSSR count). The number of nitro groups is 1. The number of nitro benzene ring substituents is 1. The fourth-order valence-corrected chi connectivity index (χ4v) is 3.36. The lowest BCUT2D eigenvalue weighted by Crippen LogP contribution is -2.04. The summed E-state index contributed by atoms with van der Waals surface area (Å²) in [7, 11) is 0. The normalized spacial score (nSPS) is 10.5. The third-order valence-corrected chi connectivity index (χ3v) is 4.51. The van der Waals surface area contributed by atoms with Crippen LogP contribution in [0.15, 0.2) is 22.5 Å². The lowest BCUT2D eigenvalue weighted by Gasteiger charge is -2.10. The van der Waals surface area contributed by atoms with Crippen molar-refractivity contribution in [3.63, 3.8) is 0 Å². The van der Waals surface area contributed by atoms with Gasteiger partial charge in [0, 0.05) is 18.4 Å². The second kappa shape index (κ2) is 6.67. The maximum absolute atomic E-state index is 11.1. The van der Waals surface area contributed by atoms with E-state index in [0.717, 1.165) is 15.7 Å². The third-order valence-electron chi connectivity index (χ3n) is 2.54. The van der Waals surface area contributed by atoms with Crippen molar-refractivity contribution < 1.29 is 4.92 Å². The quantitative estimate of drug-likeness (QED) is 0.500. The van der Waals surface area contributed by atoms with E-state index in [1.807, 2.05) is 19.9 Å². The molecule has 0 saturated heterocycles. The van der Waals surface area contributed by atoms with Gasteiger partial charge in [0.15, 0.2) is 4.34 Å². The van der Waals surface area contributed by atoms with Gasteiger partial charge in [0.25, 0.3) is 5.69 Å². The minimum absolute atomic E-state index is 0.110. The van der Waals surface area contributed by atoms with Gasteiger partial charge in [-0.2, -0.15) is 4.37 Å². The number of rotatable bonds is 6. The largest absolute Gasteiger partial charge is 0.380 e. The molecule has 20 heavy (non-hydrogen) atoms. The van der Waals surface area contributed by atoms with E-state index in [4.69, 9.17) is 0 Å². The van der Waals surface area contributed by atoms with Crippen LogP contribution in [-0.2, 0) is 5.75 Å². The molecular formula is C12H14N4O2S2. The van der Waals surface area contributed by atoms with E-state index in [0.29, 0.717) is 18.0 Å². The van der Waals surface area contributed by atoms with Gasteiger partial charge in [0.1, 0.15) is 11.5 Å². The van der Waals surface area contributed by atoms with Gasteiger partial charge >= 0.3 is 0 Å². The Bertz CT molecular complexity index is 615. The molecule has 8 heteroatoms. The highest BCUT2D eigenvalue weighted by molar-refractivity contribution is 8.00. The van der Waals surface area contributed by atoms with E-state index in [9.17, 15) is 10.1 Å². The van der Waals surface area contributed by atoms with Gasteiger partial charge in [0.05, 0.1) is 4.92 Å². The van der Waals surface area contributed by atoms with Gasteiger partial charge < -0.3 is 5.32 Å². The van der Waals surface area contributed by atoms with Gasteiger partial charge in [-0.05, 0) is 30.9 Å². The van der Waals surface area contributed by atoms with Crippen LogP contribution >= 0.6 is 23.3 Å². The number of nitrogens with one attached hydrogen (secondary N) is 1. The highest BCUT2D eigenvalue weighted by atomic mass is 32.2. The topological polar surface area (TPSA) is 81.0 Å². The lowest BCUT2D eigenvalue weighted by molar-refractivity contribution is -0.384. The summed E-state index contributed by atoms with van der Waals surface area (Å²) in [6, 6.07) is 5.12. The first-order chi connectivity index (χ1) is 9.61. The first-order valence-electron chi connectivity index (χ1n) is 6.05. The maximum atomic E-state index is 11.1. The van der Waals surface area contributed by atoms with Crippen LogP contribution in [0.3, 0.4) is 0 Å². The number of anilines is 1. The fraction of sp³-hybridized carbons (Fsp3) is 0.333. The average molecular weight is 310 g/mol. The molecule has 0 atom stereocenters. The second-order valence-electron chi connectivity index (χ2n) is 3.99. The number of benzene rings is 1. The predicted octanol–water partition coefficient (Wildman–Crippen LogP) is 3.48. The van der Waals surface area contributed by atoms with Crippen LogP contribution in [-0.4, -0.2) is 20.8 Å². The number of hydrogen-bond acceptors (Lipinski definition) is 7. The Labute approximate surface area is 124 Å². The molecule has 0 saturated carbocycles. The Morgan fingerprint density at radius 3 is 2.90 bits per heavy atom. The zero-order valence-corrected chi connectivity index (χ0v) is 12.8. The summed E-state index contributed by atoms with van der Waals surface area (Å²) < 4.78 is 4.99. The summed E-state index contributed by atoms with van der Waals surface area (Å²) >= 11 is 2.88. The first-order valence-corrected chi connectivity index (χ1v) is 7.81. The SMILES string of the molecule is CCNc1c(CSc2nc(C)ns2)cccc1[N+](=O)[O-]. The van der Waals surface area contributed by atoms with Crippen molar-refractivity contribution in [2.75, 3.05) is 11.9 Å². The third kappa shape index (κ3) is 3.45. The van der Waals surface area contributed by atoms with E-state index in [1.165, 1.54) is 29.4 Å². The molecule has 1 heterocycles. The first kappa shape index (κ1) is 14.7. The Hall–Kier alpha value is -1.67. The zero-order valence-electron chi connectivity index (χ0n) is 11.1. The van der Waals surface area contributed by atoms with Crippen molar-refractivity contribution in [2.45, 2.75) is 23.9 Å². The van der Waals surface area contributed by atoms with E-state index >= 15 is 0 Å². The molecular weight excluding hydrogens is 296 g/mol. The molecule has 1 aromatic carbocycles. The molecule has 1 aromatic heterocycles. The van der Waals surface area contributed by atoms with Crippen LogP contribution in [0.5, 0.6) is 0 Å². The number of nitrogens with zero attached hydrogens (tertiary/aromatic N) is 3. The van der Waals surface area contributed by atoms with Crippen molar-refractivity contribution >= 4 is 34.7 Å². The molecule has 2 aromatic rings. The monoisotopic (exact) mass is 310 g/mol. The van der Waals surface area contributed by atoms with Crippen molar-refractivity contribution in [2.24, 2.45) is 0 Å². The smallest absolute Gasteiger partial charge is 0.292 e. The minimum Gasteiger partial charge on any atom is -0.380 e. The van der Waals surface area contributed by atoms with Crippen LogP contribution < -0.4 is 5.32 Å². The van der Waals surface area contributed by atoms with Gasteiger partial charge in [-0.15, -0.1) is 0 Å². The van der Waals surface area contributed by atoms with Crippen molar-refractivity contribution in [3.8, 4) is 0 Å². The predicted molar refractivity (Wildman–Crippen MR) is 81.5 cm³/mol. The van der Waals surface area contributed by atoms with Crippen LogP contribution in [0, 0.1) is 17.0 Å². The molecule has 0 radical (unpaired) electrons. The standard InChI is InChI=1S/C12H14N4O2S2/c1-3-13-11-9(5-4-6-10(11)16(17)18)7-19-12-14-8(2)15-20-12/h4-6,13H,3,7H2,1-2H3. The molecule has 0 aliphatic carbocycles. The van der Waals surface area contributed by atoms with Gasteiger partial charge in [-0.25, -0.2) is 4.98 Å². The van der Waals surface area contributed by atoms with Gasteiger partial charge in [0.2, 0.25) is 0 Å². The number of aromatic nitrogens is 2. The summed E-state index contributed by atoms with van der Waals surface area (Å²) in [5, 5.41) is 14.1. The summed E-state index contributed by atoms with van der Waals surface area (Å²) in [4.78, 5) is 15.0. The molecule has 0 fully saturated rings. The fourth-order valence-electron chi connectivity index (χ4n) is 1.72. The van der Waals surface area contributed by atoms with Crippen molar-refractivity contribution in [1.29, 1.82) is 0 Å². The van der Waals surface area contributed by atoms with Gasteiger partial charge in [-0.3, -0.25) is 10.1 Å². The Kier molecular flexibility index (Phi) is 4.91. The molecule has 1 N–H and O–H groups in total. The summed E-state index contributed by atoms with van der Waals surface area (Å²) in [6.45, 7) is 4.40. The highest BCUT2D eigenvalue weighted by Crippen LogP contribution is 2.33. The van der Waals surface area contributed by atoms with E-state index < -0.39 is 0 Å². The molecule has 0 bridgehead atoms. The molecule has 106 valence electrons. The number of para-hydroxylation sites is 1. The molecule has 0 aliphatic rings. The van der Waals surface area contributed by atoms with Crippen LogP contribution in [0.25, 0.3) is 0 Å². The highest BCUT2D eigenvalue weighted by Gasteiger charge is 2.17. The molecule has 0 amide bonds. The van der Waals surface area contributed by atoms with E-state index in [2.05, 4.69) is 14.7 Å². The summed E-state index contributed by atoms with van der Waals surface area (Å²) in [5.74, 6) is 1.38. The lowest BCUT2D eigenvalue weighted by atomic mass is 10.1. The zero-order chi connectivity index (χ0) is 14.5. The maximum Gasteiger partial charge on any atom is 0.292 e. The Morgan fingerprint density at radius 1 is 1.50 bits per heavy atom. The number of aryl methyl sites for hydroxylation is 1. The summed E-state index contributed by atoms with van der Waals surface area (Å²) in [5.41, 5.74) is 1.60. The Balaban J connectivity index is 2.21. The number of hydrogen-bond donors (Lipinski definition) is 1. The van der Waals surface area contributed by atoms with Gasteiger partial charge in [-0.1, -0.05) is 23.9 Å². The van der Waals surface area contributed by atoms with Crippen LogP contribution in [0.1, 0.15) is 18.3 Å². The van der Waals surface area contributed by atoms with Crippen LogP contribution in [0.4, 0.5) is 11.4 Å². The molecule has 0 unspecified atom stereocenters. The average Bonchev–Trinajstić information content (AvgIpc) is 2.83. The van der Waals surface area contributed by atoms with Crippen LogP contribution in [0.2, 0.25) is 0 Å². The molecule has 0 spiro atoms. The Morgan fingerprint density at radius 2 is 2.30 bits per heavy atom. The minimum atomic E-state index is -0.360. The van der Waals surface area contributed by atoms with E-state index in [-0.39, 0.29) is 10.6 Å². The summed E-state index contributed by atoms with van der Waals surface area (Å²) in [6.07, 6.45) is 0. The molecule has 6 nitrogen and oxygen atoms in total. The second-order valence-corrected chi connectivity index (χ2v) is 5.97. The van der Waals surface area contributed by atoms with Crippen molar-refractivity contribution in [3.05, 3.63) is 39.7 Å². The van der Waals surface area contributed by atoms with E-state index in [1.54, 1.807) is 6.07 Å².